The molecule has 0 radical (unpaired) electrons. The summed E-state index contributed by atoms with van der Waals surface area (Å²) >= 11 is 0. The number of alkyl halides is 3. The van der Waals surface area contributed by atoms with Crippen molar-refractivity contribution in [2.24, 2.45) is 0 Å². The van der Waals surface area contributed by atoms with Crippen molar-refractivity contribution in [2.45, 2.75) is 32.5 Å². The first-order valence-corrected chi connectivity index (χ1v) is 8.52. The number of carboxylic acid groups (broad SMARTS) is 1. The van der Waals surface area contributed by atoms with E-state index in [2.05, 4.69) is 5.10 Å². The minimum absolute atomic E-state index is 0.109. The Bertz CT molecular complexity index is 1050. The molecule has 0 saturated carbocycles. The van der Waals surface area contributed by atoms with E-state index >= 15 is 0 Å². The van der Waals surface area contributed by atoms with Crippen molar-refractivity contribution >= 4 is 11.9 Å². The quantitative estimate of drug-likeness (QED) is 0.603. The van der Waals surface area contributed by atoms with Crippen LogP contribution in [0.4, 0.5) is 17.6 Å². The van der Waals surface area contributed by atoms with E-state index in [4.69, 9.17) is 5.11 Å². The number of nitrogens with zero attached hydrogens (tertiary/aromatic N) is 2. The van der Waals surface area contributed by atoms with E-state index in [1.54, 1.807) is 13.8 Å². The van der Waals surface area contributed by atoms with Gasteiger partial charge in [0.15, 0.2) is 5.75 Å². The van der Waals surface area contributed by atoms with Gasteiger partial charge < -0.3 is 15.5 Å². The lowest BCUT2D eigenvalue weighted by Crippen LogP contribution is -2.37. The molecule has 30 heavy (non-hydrogen) atoms. The lowest BCUT2D eigenvalue weighted by molar-refractivity contribution is -0.138. The number of nitrogens with one attached hydrogen (secondary N) is 1. The van der Waals surface area contributed by atoms with Crippen molar-refractivity contribution in [1.82, 2.24) is 15.1 Å². The Morgan fingerprint density at radius 1 is 1.27 bits per heavy atom. The van der Waals surface area contributed by atoms with Gasteiger partial charge in [-0.1, -0.05) is 19.9 Å². The maximum atomic E-state index is 14.2. The van der Waals surface area contributed by atoms with Gasteiger partial charge in [0.1, 0.15) is 23.6 Å². The lowest BCUT2D eigenvalue weighted by Gasteiger charge is -2.15. The first-order valence-electron chi connectivity index (χ1n) is 8.52. The van der Waals surface area contributed by atoms with Gasteiger partial charge in [-0.2, -0.15) is 18.3 Å². The Morgan fingerprint density at radius 3 is 2.40 bits per heavy atom. The molecule has 162 valence electrons. The first-order chi connectivity index (χ1) is 13.8. The SMILES string of the molecule is CC(C)c1nn(Cc2ccc(C(F)(F)F)cc2F)c(=O)c(C(=O)NCC(=O)O)c1O. The number of carbonyl (C=O) groups excluding carboxylic acids is 1. The predicted octanol–water partition coefficient (Wildman–Crippen LogP) is 2.09. The number of aliphatic carboxylic acids is 1. The van der Waals surface area contributed by atoms with E-state index in [0.717, 1.165) is 6.07 Å². The Morgan fingerprint density at radius 2 is 1.90 bits per heavy atom. The van der Waals surface area contributed by atoms with Crippen molar-refractivity contribution in [2.75, 3.05) is 6.54 Å². The van der Waals surface area contributed by atoms with Crippen LogP contribution in [-0.2, 0) is 17.5 Å². The third kappa shape index (κ3) is 4.93. The fourth-order valence-corrected chi connectivity index (χ4v) is 2.54. The molecule has 0 fully saturated rings. The van der Waals surface area contributed by atoms with Crippen LogP contribution >= 0.6 is 0 Å². The van der Waals surface area contributed by atoms with Gasteiger partial charge in [0.05, 0.1) is 12.1 Å². The van der Waals surface area contributed by atoms with Gasteiger partial charge in [-0.15, -0.1) is 0 Å². The number of carboxylic acids is 1. The number of hydrogen-bond donors (Lipinski definition) is 3. The molecular formula is C18H17F4N3O5. The van der Waals surface area contributed by atoms with Crippen LogP contribution in [0.5, 0.6) is 5.75 Å². The normalized spacial score (nSPS) is 11.6. The smallest absolute Gasteiger partial charge is 0.416 e. The third-order valence-electron chi connectivity index (χ3n) is 4.03. The van der Waals surface area contributed by atoms with Crippen LogP contribution in [0.3, 0.4) is 0 Å². The molecule has 0 aliphatic heterocycles. The molecule has 2 rings (SSSR count). The zero-order chi connectivity index (χ0) is 22.8. The molecule has 2 aromatic rings. The summed E-state index contributed by atoms with van der Waals surface area (Å²) in [6, 6.07) is 1.73. The Labute approximate surface area is 166 Å². The predicted molar refractivity (Wildman–Crippen MR) is 94.7 cm³/mol. The van der Waals surface area contributed by atoms with Crippen LogP contribution in [0.2, 0.25) is 0 Å². The lowest BCUT2D eigenvalue weighted by atomic mass is 10.1. The zero-order valence-corrected chi connectivity index (χ0v) is 15.7. The maximum absolute atomic E-state index is 14.2. The van der Waals surface area contributed by atoms with Gasteiger partial charge in [0, 0.05) is 11.5 Å². The van der Waals surface area contributed by atoms with Gasteiger partial charge >= 0.3 is 12.1 Å². The molecule has 1 aromatic carbocycles. The molecule has 12 heteroatoms. The van der Waals surface area contributed by atoms with E-state index < -0.39 is 65.3 Å². The highest BCUT2D eigenvalue weighted by atomic mass is 19.4. The highest BCUT2D eigenvalue weighted by molar-refractivity contribution is 5.98. The summed E-state index contributed by atoms with van der Waals surface area (Å²) in [5, 5.41) is 24.7. The van der Waals surface area contributed by atoms with Crippen molar-refractivity contribution in [3.63, 3.8) is 0 Å². The summed E-state index contributed by atoms with van der Waals surface area (Å²) in [6.07, 6.45) is -4.76. The molecule has 0 spiro atoms. The molecule has 0 aliphatic carbocycles. The van der Waals surface area contributed by atoms with Gasteiger partial charge in [0.2, 0.25) is 0 Å². The van der Waals surface area contributed by atoms with E-state index in [-0.39, 0.29) is 17.3 Å². The molecular weight excluding hydrogens is 414 g/mol. The second-order valence-corrected chi connectivity index (χ2v) is 6.61. The van der Waals surface area contributed by atoms with Crippen LogP contribution in [0, 0.1) is 5.82 Å². The molecule has 1 amide bonds. The number of amides is 1. The Balaban J connectivity index is 2.54. The van der Waals surface area contributed by atoms with Gasteiger partial charge in [0.25, 0.3) is 11.5 Å². The van der Waals surface area contributed by atoms with Crippen molar-refractivity contribution in [3.05, 3.63) is 56.8 Å². The number of aromatic nitrogens is 2. The number of aromatic hydroxyl groups is 1. The minimum atomic E-state index is -4.76. The number of hydrogen-bond acceptors (Lipinski definition) is 5. The molecule has 0 unspecified atom stereocenters. The molecule has 1 heterocycles. The minimum Gasteiger partial charge on any atom is -0.505 e. The fraction of sp³-hybridized carbons (Fsp3) is 0.333. The van der Waals surface area contributed by atoms with Crippen LogP contribution in [0.1, 0.15) is 46.9 Å². The van der Waals surface area contributed by atoms with Crippen molar-refractivity contribution in [1.29, 1.82) is 0 Å². The summed E-state index contributed by atoms with van der Waals surface area (Å²) in [5.41, 5.74) is -3.61. The van der Waals surface area contributed by atoms with Crippen molar-refractivity contribution in [3.8, 4) is 5.75 Å². The number of rotatable bonds is 6. The number of carbonyl (C=O) groups is 2. The molecule has 0 bridgehead atoms. The molecule has 0 saturated heterocycles. The summed E-state index contributed by atoms with van der Waals surface area (Å²) in [4.78, 5) is 35.5. The Kier molecular flexibility index (Phi) is 6.48. The third-order valence-corrected chi connectivity index (χ3v) is 4.03. The highest BCUT2D eigenvalue weighted by Gasteiger charge is 2.31. The van der Waals surface area contributed by atoms with E-state index in [0.29, 0.717) is 10.7 Å². The second kappa shape index (κ2) is 8.51. The monoisotopic (exact) mass is 431 g/mol. The number of halogens is 4. The van der Waals surface area contributed by atoms with Crippen LogP contribution in [0.15, 0.2) is 23.0 Å². The standard InChI is InChI=1S/C18H17F4N3O5/c1-8(2)14-15(28)13(16(29)23-6-12(26)27)17(30)25(24-14)7-9-3-4-10(5-11(9)19)18(20,21)22/h3-5,8,28H,6-7H2,1-2H3,(H,23,29)(H,26,27). The molecule has 0 aliphatic rings. The zero-order valence-electron chi connectivity index (χ0n) is 15.7. The first kappa shape index (κ1) is 22.8. The summed E-state index contributed by atoms with van der Waals surface area (Å²) in [6.45, 7) is 1.70. The average Bonchev–Trinajstić information content (AvgIpc) is 2.62. The van der Waals surface area contributed by atoms with Crippen molar-refractivity contribution < 1.29 is 37.4 Å². The summed E-state index contributed by atoms with van der Waals surface area (Å²) < 4.78 is 52.9. The van der Waals surface area contributed by atoms with Gasteiger partial charge in [-0.25, -0.2) is 9.07 Å². The summed E-state index contributed by atoms with van der Waals surface area (Å²) in [5.74, 6) is -5.09. The van der Waals surface area contributed by atoms with Gasteiger partial charge in [-0.3, -0.25) is 14.4 Å². The van der Waals surface area contributed by atoms with E-state index in [1.807, 2.05) is 5.32 Å². The van der Waals surface area contributed by atoms with Crippen LogP contribution in [0.25, 0.3) is 0 Å². The Hall–Kier alpha value is -3.44. The largest absolute Gasteiger partial charge is 0.505 e. The van der Waals surface area contributed by atoms with Gasteiger partial charge in [-0.05, 0) is 12.1 Å². The topological polar surface area (TPSA) is 122 Å². The highest BCUT2D eigenvalue weighted by Crippen LogP contribution is 2.30. The molecule has 1 aromatic heterocycles. The maximum Gasteiger partial charge on any atom is 0.416 e. The molecule has 3 N–H and O–H groups in total. The average molecular weight is 431 g/mol. The fourth-order valence-electron chi connectivity index (χ4n) is 2.54. The number of benzene rings is 1. The molecule has 0 atom stereocenters. The van der Waals surface area contributed by atoms with E-state index in [9.17, 15) is 37.1 Å². The summed E-state index contributed by atoms with van der Waals surface area (Å²) in [7, 11) is 0. The second-order valence-electron chi connectivity index (χ2n) is 6.61. The molecule has 8 nitrogen and oxygen atoms in total. The van der Waals surface area contributed by atoms with E-state index in [1.165, 1.54) is 0 Å². The van der Waals surface area contributed by atoms with Crippen LogP contribution < -0.4 is 10.9 Å². The van der Waals surface area contributed by atoms with Crippen LogP contribution in [-0.4, -0.2) is 38.4 Å².